The Morgan fingerprint density at radius 2 is 1.58 bits per heavy atom. The van der Waals surface area contributed by atoms with Crippen molar-refractivity contribution in [2.24, 2.45) is 0 Å². The summed E-state index contributed by atoms with van der Waals surface area (Å²) in [5, 5.41) is 14.2. The Labute approximate surface area is 184 Å². The van der Waals surface area contributed by atoms with Gasteiger partial charge in [-0.05, 0) is 53.6 Å². The first kappa shape index (κ1) is 21.9. The van der Waals surface area contributed by atoms with Crippen molar-refractivity contribution in [2.75, 3.05) is 0 Å². The highest BCUT2D eigenvalue weighted by molar-refractivity contribution is 6.30. The fourth-order valence-corrected chi connectivity index (χ4v) is 3.02. The second kappa shape index (κ2) is 10.3. The molecule has 0 bridgehead atoms. The molecule has 0 aliphatic carbocycles. The number of carbonyl (C=O) groups is 2. The average Bonchev–Trinajstić information content (AvgIpc) is 2.78. The van der Waals surface area contributed by atoms with Crippen molar-refractivity contribution < 1.29 is 14.5 Å². The molecule has 0 saturated heterocycles. The van der Waals surface area contributed by atoms with Crippen LogP contribution < -0.4 is 5.32 Å². The van der Waals surface area contributed by atoms with E-state index in [2.05, 4.69) is 5.32 Å². The zero-order chi connectivity index (χ0) is 22.2. The highest BCUT2D eigenvalue weighted by atomic mass is 35.5. The number of nitro benzene ring substituents is 1. The van der Waals surface area contributed by atoms with Crippen molar-refractivity contribution in [1.82, 2.24) is 5.32 Å². The Morgan fingerprint density at radius 1 is 0.935 bits per heavy atom. The number of nitrogens with one attached hydrogen (secondary N) is 1. The number of halogens is 1. The minimum absolute atomic E-state index is 0.0514. The van der Waals surface area contributed by atoms with Crippen LogP contribution in [0.5, 0.6) is 0 Å². The standard InChI is InChI=1S/C24H19ClN2O4/c25-21-10-8-19(9-11-21)23(28)15-20(14-17-6-12-22(13-7-17)27(30)31)24(29)26-16-18-4-2-1-3-5-18/h1-14H,15-16H2,(H,26,29)/b20-14+. The maximum atomic E-state index is 12.9. The van der Waals surface area contributed by atoms with Crippen molar-refractivity contribution in [2.45, 2.75) is 13.0 Å². The molecule has 7 heteroatoms. The number of nitrogens with zero attached hydrogens (tertiary/aromatic N) is 1. The Morgan fingerprint density at radius 3 is 2.19 bits per heavy atom. The van der Waals surface area contributed by atoms with Gasteiger partial charge in [-0.2, -0.15) is 0 Å². The summed E-state index contributed by atoms with van der Waals surface area (Å²) in [5.74, 6) is -0.621. The van der Waals surface area contributed by atoms with Crippen LogP contribution in [-0.4, -0.2) is 16.6 Å². The normalized spacial score (nSPS) is 11.1. The van der Waals surface area contributed by atoms with E-state index in [4.69, 9.17) is 11.6 Å². The van der Waals surface area contributed by atoms with Crippen LogP contribution in [0.25, 0.3) is 6.08 Å². The summed E-state index contributed by atoms with van der Waals surface area (Å²) in [7, 11) is 0. The second-order valence-electron chi connectivity index (χ2n) is 6.79. The number of non-ortho nitro benzene ring substituents is 1. The summed E-state index contributed by atoms with van der Waals surface area (Å²) >= 11 is 5.88. The van der Waals surface area contributed by atoms with Gasteiger partial charge >= 0.3 is 0 Å². The lowest BCUT2D eigenvalue weighted by Gasteiger charge is -2.10. The molecule has 31 heavy (non-hydrogen) atoms. The van der Waals surface area contributed by atoms with E-state index in [0.29, 0.717) is 22.7 Å². The molecule has 3 aromatic rings. The highest BCUT2D eigenvalue weighted by Gasteiger charge is 2.16. The molecule has 0 aromatic heterocycles. The first-order valence-electron chi connectivity index (χ1n) is 9.48. The number of amides is 1. The molecule has 6 nitrogen and oxygen atoms in total. The minimum Gasteiger partial charge on any atom is -0.348 e. The van der Waals surface area contributed by atoms with Crippen molar-refractivity contribution >= 4 is 35.1 Å². The zero-order valence-electron chi connectivity index (χ0n) is 16.5. The first-order valence-corrected chi connectivity index (χ1v) is 9.86. The molecule has 0 fully saturated rings. The average molecular weight is 435 g/mol. The monoisotopic (exact) mass is 434 g/mol. The lowest BCUT2D eigenvalue weighted by molar-refractivity contribution is -0.384. The van der Waals surface area contributed by atoms with Gasteiger partial charge in [0.05, 0.1) is 4.92 Å². The molecule has 0 aliphatic rings. The van der Waals surface area contributed by atoms with E-state index in [1.165, 1.54) is 24.3 Å². The summed E-state index contributed by atoms with van der Waals surface area (Å²) < 4.78 is 0. The van der Waals surface area contributed by atoms with Gasteiger partial charge in [0.25, 0.3) is 5.69 Å². The lowest BCUT2D eigenvalue weighted by atomic mass is 10.00. The van der Waals surface area contributed by atoms with Crippen LogP contribution >= 0.6 is 11.6 Å². The van der Waals surface area contributed by atoms with E-state index in [0.717, 1.165) is 5.56 Å². The van der Waals surface area contributed by atoms with Crippen LogP contribution in [0.3, 0.4) is 0 Å². The molecule has 1 N–H and O–H groups in total. The van der Waals surface area contributed by atoms with Gasteiger partial charge in [0.15, 0.2) is 5.78 Å². The molecule has 0 atom stereocenters. The fourth-order valence-electron chi connectivity index (χ4n) is 2.89. The molecular weight excluding hydrogens is 416 g/mol. The molecule has 156 valence electrons. The molecule has 0 spiro atoms. The quantitative estimate of drug-likeness (QED) is 0.228. The molecular formula is C24H19ClN2O4. The summed E-state index contributed by atoms with van der Waals surface area (Å²) in [6, 6.07) is 21.6. The van der Waals surface area contributed by atoms with Gasteiger partial charge in [0.1, 0.15) is 0 Å². The molecule has 0 aliphatic heterocycles. The van der Waals surface area contributed by atoms with Crippen LogP contribution in [-0.2, 0) is 11.3 Å². The Kier molecular flexibility index (Phi) is 7.30. The van der Waals surface area contributed by atoms with Crippen LogP contribution in [0.4, 0.5) is 5.69 Å². The Bertz CT molecular complexity index is 1110. The van der Waals surface area contributed by atoms with E-state index in [9.17, 15) is 19.7 Å². The SMILES string of the molecule is O=C(NCc1ccccc1)/C(=C/c1ccc([N+](=O)[O-])cc1)CC(=O)c1ccc(Cl)cc1. The number of hydrogen-bond donors (Lipinski definition) is 1. The van der Waals surface area contributed by atoms with Gasteiger partial charge in [-0.15, -0.1) is 0 Å². The molecule has 0 unspecified atom stereocenters. The maximum absolute atomic E-state index is 12.9. The predicted molar refractivity (Wildman–Crippen MR) is 120 cm³/mol. The number of nitro groups is 1. The minimum atomic E-state index is -0.495. The first-order chi connectivity index (χ1) is 14.9. The smallest absolute Gasteiger partial charge is 0.269 e. The third-order valence-electron chi connectivity index (χ3n) is 4.55. The number of carbonyl (C=O) groups excluding carboxylic acids is 2. The van der Waals surface area contributed by atoms with Crippen molar-refractivity contribution in [1.29, 1.82) is 0 Å². The van der Waals surface area contributed by atoms with Gasteiger partial charge in [-0.1, -0.05) is 41.9 Å². The molecule has 0 radical (unpaired) electrons. The lowest BCUT2D eigenvalue weighted by Crippen LogP contribution is -2.25. The molecule has 0 saturated carbocycles. The largest absolute Gasteiger partial charge is 0.348 e. The van der Waals surface area contributed by atoms with Crippen LogP contribution in [0.2, 0.25) is 5.02 Å². The van der Waals surface area contributed by atoms with Gasteiger partial charge < -0.3 is 5.32 Å². The topological polar surface area (TPSA) is 89.3 Å². The molecule has 0 heterocycles. The van der Waals surface area contributed by atoms with Gasteiger partial charge in [0, 0.05) is 41.3 Å². The van der Waals surface area contributed by atoms with E-state index < -0.39 is 4.92 Å². The maximum Gasteiger partial charge on any atom is 0.269 e. The zero-order valence-corrected chi connectivity index (χ0v) is 17.2. The van der Waals surface area contributed by atoms with Crippen molar-refractivity contribution in [3.8, 4) is 0 Å². The Hall–Kier alpha value is -3.77. The van der Waals surface area contributed by atoms with Crippen LogP contribution in [0.1, 0.15) is 27.9 Å². The summed E-state index contributed by atoms with van der Waals surface area (Å²) in [4.78, 5) is 35.9. The van der Waals surface area contributed by atoms with Crippen molar-refractivity contribution in [3.63, 3.8) is 0 Å². The number of ketones is 1. The van der Waals surface area contributed by atoms with Crippen LogP contribution in [0, 0.1) is 10.1 Å². The summed E-state index contributed by atoms with van der Waals surface area (Å²) in [5.41, 5.74) is 2.15. The number of rotatable bonds is 8. The van der Waals surface area contributed by atoms with Crippen molar-refractivity contribution in [3.05, 3.63) is 116 Å². The molecule has 1 amide bonds. The Balaban J connectivity index is 1.82. The summed E-state index contributed by atoms with van der Waals surface area (Å²) in [6.45, 7) is 0.312. The molecule has 3 rings (SSSR count). The van der Waals surface area contributed by atoms with Crippen LogP contribution in [0.15, 0.2) is 84.4 Å². The second-order valence-corrected chi connectivity index (χ2v) is 7.23. The number of benzene rings is 3. The van der Waals surface area contributed by atoms with E-state index in [1.807, 2.05) is 30.3 Å². The summed E-state index contributed by atoms with van der Waals surface area (Å²) in [6.07, 6.45) is 1.44. The third-order valence-corrected chi connectivity index (χ3v) is 4.80. The number of hydrogen-bond acceptors (Lipinski definition) is 4. The van der Waals surface area contributed by atoms with E-state index in [-0.39, 0.29) is 29.4 Å². The van der Waals surface area contributed by atoms with Gasteiger partial charge in [0.2, 0.25) is 5.91 Å². The molecule has 3 aromatic carbocycles. The highest BCUT2D eigenvalue weighted by Crippen LogP contribution is 2.18. The van der Waals surface area contributed by atoms with Gasteiger partial charge in [-0.3, -0.25) is 19.7 Å². The van der Waals surface area contributed by atoms with E-state index >= 15 is 0 Å². The van der Waals surface area contributed by atoms with E-state index in [1.54, 1.807) is 30.3 Å². The third kappa shape index (κ3) is 6.35. The number of Topliss-reactive ketones (excluding diaryl/α,β-unsaturated/α-hetero) is 1. The fraction of sp³-hybridized carbons (Fsp3) is 0.0833. The van der Waals surface area contributed by atoms with Gasteiger partial charge in [-0.25, -0.2) is 0 Å². The predicted octanol–water partition coefficient (Wildman–Crippen LogP) is 5.22.